The van der Waals surface area contributed by atoms with Crippen LogP contribution in [0.25, 0.3) is 0 Å². The lowest BCUT2D eigenvalue weighted by atomic mass is 9.77. The average molecular weight is 562 g/mol. The molecular weight excluding hydrogens is 518 g/mol. The van der Waals surface area contributed by atoms with Crippen molar-refractivity contribution in [2.75, 3.05) is 6.61 Å². The van der Waals surface area contributed by atoms with Gasteiger partial charge in [0, 0.05) is 0 Å². The van der Waals surface area contributed by atoms with Gasteiger partial charge in [0.25, 0.3) is 8.32 Å². The van der Waals surface area contributed by atoms with Gasteiger partial charge in [0.15, 0.2) is 0 Å². The van der Waals surface area contributed by atoms with Crippen LogP contribution in [-0.2, 0) is 20.6 Å². The molecule has 0 aliphatic rings. The summed E-state index contributed by atoms with van der Waals surface area (Å²) in [5.74, 6) is -1.60. The monoisotopic (exact) mass is 561 g/mol. The second-order valence-electron chi connectivity index (χ2n) is 12.4. The first-order valence-electron chi connectivity index (χ1n) is 13.8. The van der Waals surface area contributed by atoms with Crippen molar-refractivity contribution in [3.63, 3.8) is 0 Å². The zero-order valence-electron chi connectivity index (χ0n) is 24.5. The van der Waals surface area contributed by atoms with Crippen LogP contribution in [0.5, 0.6) is 0 Å². The molecule has 3 aromatic carbocycles. The molecule has 0 saturated heterocycles. The molecule has 0 saturated carbocycles. The van der Waals surface area contributed by atoms with Crippen LogP contribution in [0.1, 0.15) is 53.5 Å². The lowest BCUT2D eigenvalue weighted by Gasteiger charge is -2.44. The third-order valence-electron chi connectivity index (χ3n) is 7.32. The van der Waals surface area contributed by atoms with E-state index in [0.717, 1.165) is 15.9 Å². The van der Waals surface area contributed by atoms with Gasteiger partial charge in [0.05, 0.1) is 18.6 Å². The van der Waals surface area contributed by atoms with Crippen molar-refractivity contribution in [3.8, 4) is 0 Å². The number of hydrogen-bond acceptors (Lipinski definition) is 4. The van der Waals surface area contributed by atoms with Crippen LogP contribution in [0.2, 0.25) is 5.04 Å². The molecule has 2 N–H and O–H groups in total. The number of carbonyl (C=O) groups excluding carboxylic acids is 1. The van der Waals surface area contributed by atoms with Crippen LogP contribution in [-0.4, -0.2) is 38.1 Å². The van der Waals surface area contributed by atoms with E-state index in [9.17, 15) is 14.7 Å². The molecule has 0 radical (unpaired) electrons. The third-order valence-corrected chi connectivity index (χ3v) is 12.3. The Morgan fingerprint density at radius 1 is 0.800 bits per heavy atom. The molecule has 0 fully saturated rings. The van der Waals surface area contributed by atoms with E-state index >= 15 is 0 Å². The lowest BCUT2D eigenvalue weighted by Crippen LogP contribution is -2.67. The number of alkyl carbamates (subject to hydrolysis) is 1. The minimum atomic E-state index is -2.90. The van der Waals surface area contributed by atoms with Gasteiger partial charge < -0.3 is 19.6 Å². The topological polar surface area (TPSA) is 84.9 Å². The van der Waals surface area contributed by atoms with E-state index in [1.54, 1.807) is 0 Å². The number of carboxylic acid groups (broad SMARTS) is 1. The fourth-order valence-corrected chi connectivity index (χ4v) is 9.80. The fourth-order valence-electron chi connectivity index (χ4n) is 5.20. The van der Waals surface area contributed by atoms with Crippen molar-refractivity contribution in [2.24, 2.45) is 11.3 Å². The Bertz CT molecular complexity index is 1180. The Balaban J connectivity index is 1.95. The first-order chi connectivity index (χ1) is 18.8. The van der Waals surface area contributed by atoms with Crippen molar-refractivity contribution in [2.45, 2.75) is 65.7 Å². The van der Waals surface area contributed by atoms with E-state index in [1.807, 2.05) is 87.5 Å². The molecule has 0 bridgehead atoms. The number of carboxylic acids is 1. The number of nitrogens with one attached hydrogen (secondary N) is 1. The first kappa shape index (κ1) is 31.1. The van der Waals surface area contributed by atoms with Crippen molar-refractivity contribution < 1.29 is 23.9 Å². The molecule has 0 heterocycles. The molecule has 0 aromatic heterocycles. The SMILES string of the molecule is CC(C)(C)C(C[C@@H](CO[Si](c1ccccc1)(c1ccccc1)C(C)(C)C)NC(=O)OCc1ccccc1)C(=O)O. The molecule has 214 valence electrons. The van der Waals surface area contributed by atoms with Crippen LogP contribution in [0.15, 0.2) is 91.0 Å². The summed E-state index contributed by atoms with van der Waals surface area (Å²) in [5, 5.41) is 15.0. The highest BCUT2D eigenvalue weighted by molar-refractivity contribution is 6.99. The molecule has 0 spiro atoms. The Kier molecular flexibility index (Phi) is 10.3. The summed E-state index contributed by atoms with van der Waals surface area (Å²) in [4.78, 5) is 25.3. The van der Waals surface area contributed by atoms with Crippen molar-refractivity contribution in [1.82, 2.24) is 5.32 Å². The average Bonchev–Trinajstić information content (AvgIpc) is 2.91. The number of aliphatic carboxylic acids is 1. The van der Waals surface area contributed by atoms with Crippen molar-refractivity contribution in [3.05, 3.63) is 96.6 Å². The summed E-state index contributed by atoms with van der Waals surface area (Å²) in [6.45, 7) is 12.5. The summed E-state index contributed by atoms with van der Waals surface area (Å²) < 4.78 is 12.6. The molecule has 3 rings (SSSR count). The Morgan fingerprint density at radius 2 is 1.27 bits per heavy atom. The molecule has 40 heavy (non-hydrogen) atoms. The summed E-state index contributed by atoms with van der Waals surface area (Å²) in [5.41, 5.74) is 0.354. The molecular formula is C33H43NO5Si. The van der Waals surface area contributed by atoms with Crippen LogP contribution in [0.3, 0.4) is 0 Å². The zero-order valence-corrected chi connectivity index (χ0v) is 25.5. The van der Waals surface area contributed by atoms with Crippen LogP contribution < -0.4 is 15.7 Å². The van der Waals surface area contributed by atoms with Gasteiger partial charge in [-0.3, -0.25) is 4.79 Å². The zero-order chi connectivity index (χ0) is 29.4. The van der Waals surface area contributed by atoms with Gasteiger partial charge in [0.2, 0.25) is 0 Å². The molecule has 1 amide bonds. The van der Waals surface area contributed by atoms with Gasteiger partial charge in [-0.05, 0) is 32.8 Å². The minimum Gasteiger partial charge on any atom is -0.481 e. The van der Waals surface area contributed by atoms with E-state index in [1.165, 1.54) is 0 Å². The number of amides is 1. The van der Waals surface area contributed by atoms with Gasteiger partial charge in [-0.2, -0.15) is 0 Å². The molecule has 0 aliphatic carbocycles. The van der Waals surface area contributed by atoms with Crippen LogP contribution in [0, 0.1) is 11.3 Å². The van der Waals surface area contributed by atoms with E-state index < -0.39 is 37.8 Å². The number of benzene rings is 3. The Hall–Kier alpha value is -3.42. The van der Waals surface area contributed by atoms with E-state index in [0.29, 0.717) is 0 Å². The molecule has 2 atom stereocenters. The van der Waals surface area contributed by atoms with E-state index in [2.05, 4.69) is 50.4 Å². The van der Waals surface area contributed by atoms with Crippen LogP contribution in [0.4, 0.5) is 4.79 Å². The fraction of sp³-hybridized carbons (Fsp3) is 0.394. The normalized spacial score (nSPS) is 13.8. The third kappa shape index (κ3) is 7.83. The largest absolute Gasteiger partial charge is 0.481 e. The van der Waals surface area contributed by atoms with Gasteiger partial charge in [-0.15, -0.1) is 0 Å². The van der Waals surface area contributed by atoms with Crippen LogP contribution >= 0.6 is 0 Å². The predicted molar refractivity (Wildman–Crippen MR) is 162 cm³/mol. The standard InChI is InChI=1S/C33H43NO5Si/c1-32(2,3)29(30(35)36)22-26(34-31(37)38-23-25-16-10-7-11-17-25)24-39-40(33(4,5)6,27-18-12-8-13-19-27)28-20-14-9-15-21-28/h7-21,26,29H,22-24H2,1-6H3,(H,34,37)(H,35,36)/t26-,29?/m0/s1. The number of carbonyl (C=O) groups is 2. The van der Waals surface area contributed by atoms with Gasteiger partial charge >= 0.3 is 12.1 Å². The second kappa shape index (κ2) is 13.3. The first-order valence-corrected chi connectivity index (χ1v) is 15.7. The molecule has 6 nitrogen and oxygen atoms in total. The lowest BCUT2D eigenvalue weighted by molar-refractivity contribution is -0.146. The van der Waals surface area contributed by atoms with E-state index in [-0.39, 0.29) is 24.7 Å². The van der Waals surface area contributed by atoms with Crippen molar-refractivity contribution in [1.29, 1.82) is 0 Å². The Labute approximate surface area is 239 Å². The van der Waals surface area contributed by atoms with Gasteiger partial charge in [0.1, 0.15) is 6.61 Å². The maximum absolute atomic E-state index is 13.0. The van der Waals surface area contributed by atoms with Gasteiger partial charge in [-0.25, -0.2) is 4.79 Å². The predicted octanol–water partition coefficient (Wildman–Crippen LogP) is 6.00. The molecule has 0 aliphatic heterocycles. The number of ether oxygens (including phenoxy) is 1. The van der Waals surface area contributed by atoms with Gasteiger partial charge in [-0.1, -0.05) is 133 Å². The summed E-state index contributed by atoms with van der Waals surface area (Å²) in [6, 6.07) is 29.4. The highest BCUT2D eigenvalue weighted by atomic mass is 28.4. The summed E-state index contributed by atoms with van der Waals surface area (Å²) >= 11 is 0. The quantitative estimate of drug-likeness (QED) is 0.281. The number of hydrogen-bond donors (Lipinski definition) is 2. The number of rotatable bonds is 11. The molecule has 3 aromatic rings. The minimum absolute atomic E-state index is 0.122. The smallest absolute Gasteiger partial charge is 0.407 e. The highest BCUT2D eigenvalue weighted by Crippen LogP contribution is 2.37. The molecule has 1 unspecified atom stereocenters. The second-order valence-corrected chi connectivity index (χ2v) is 16.7. The molecule has 7 heteroatoms. The Morgan fingerprint density at radius 3 is 1.70 bits per heavy atom. The summed E-state index contributed by atoms with van der Waals surface area (Å²) in [6.07, 6.45) is -0.393. The maximum atomic E-state index is 13.0. The van der Waals surface area contributed by atoms with Crippen molar-refractivity contribution >= 4 is 30.8 Å². The maximum Gasteiger partial charge on any atom is 0.407 e. The highest BCUT2D eigenvalue weighted by Gasteiger charge is 2.50. The summed E-state index contributed by atoms with van der Waals surface area (Å²) in [7, 11) is -2.90. The van der Waals surface area contributed by atoms with E-state index in [4.69, 9.17) is 9.16 Å².